The van der Waals surface area contributed by atoms with Crippen molar-refractivity contribution >= 4 is 30.2 Å². The molecule has 0 aliphatic carbocycles. The second-order valence-electron chi connectivity index (χ2n) is 11.3. The highest BCUT2D eigenvalue weighted by Gasteiger charge is 2.42. The van der Waals surface area contributed by atoms with Gasteiger partial charge in [-0.3, -0.25) is 14.9 Å². The molecule has 2 aromatic carbocycles. The first-order chi connectivity index (χ1) is 20.0. The summed E-state index contributed by atoms with van der Waals surface area (Å²) in [5.41, 5.74) is 0.996. The Labute approximate surface area is 247 Å². The van der Waals surface area contributed by atoms with Gasteiger partial charge in [-0.15, -0.1) is 0 Å². The molecular weight excluding hydrogens is 540 g/mol. The number of methoxy groups -OCH3 is 1. The van der Waals surface area contributed by atoms with E-state index in [-0.39, 0.29) is 25.6 Å². The summed E-state index contributed by atoms with van der Waals surface area (Å²) in [5.74, 6) is 0.362. The standard InChI is InChI=1S/C31H42N4O7/c1-6-23-11-13-25(14-12-23)33-29(39)41-21-31(35(22-36)20-24-9-7-8-10-26(24)40-5)15-17-34(18-16-31)27(37)19-32-28(38)42-30(2,3)4/h7-14,22H,6,15-21H2,1-5H3,(H,32,38)(H,33,39). The number of para-hydroxylation sites is 1. The number of hydrogen-bond donors (Lipinski definition) is 2. The molecular formula is C31H42N4O7. The molecule has 1 fully saturated rings. The molecule has 0 atom stereocenters. The van der Waals surface area contributed by atoms with Crippen LogP contribution in [0.25, 0.3) is 0 Å². The minimum Gasteiger partial charge on any atom is -0.496 e. The summed E-state index contributed by atoms with van der Waals surface area (Å²) in [4.78, 5) is 53.4. The molecule has 1 aliphatic heterocycles. The molecule has 11 heteroatoms. The summed E-state index contributed by atoms with van der Waals surface area (Å²) in [6.07, 6.45) is 1.04. The zero-order chi connectivity index (χ0) is 30.8. The third kappa shape index (κ3) is 9.12. The number of carbonyl (C=O) groups is 4. The number of amides is 4. The van der Waals surface area contributed by atoms with E-state index in [1.54, 1.807) is 37.7 Å². The summed E-state index contributed by atoms with van der Waals surface area (Å²) >= 11 is 0. The molecule has 3 rings (SSSR count). The van der Waals surface area contributed by atoms with Gasteiger partial charge in [0.05, 0.1) is 12.6 Å². The van der Waals surface area contributed by atoms with Crippen LogP contribution in [-0.2, 0) is 32.0 Å². The molecule has 2 aromatic rings. The van der Waals surface area contributed by atoms with E-state index in [1.807, 2.05) is 48.5 Å². The van der Waals surface area contributed by atoms with Crippen LogP contribution in [0.3, 0.4) is 0 Å². The number of alkyl carbamates (subject to hydrolysis) is 1. The van der Waals surface area contributed by atoms with Gasteiger partial charge in [-0.2, -0.15) is 0 Å². The van der Waals surface area contributed by atoms with Crippen LogP contribution < -0.4 is 15.4 Å². The number of rotatable bonds is 11. The number of anilines is 1. The van der Waals surface area contributed by atoms with Crippen molar-refractivity contribution < 1.29 is 33.4 Å². The highest BCUT2D eigenvalue weighted by Crippen LogP contribution is 2.32. The fourth-order valence-corrected chi connectivity index (χ4v) is 4.77. The van der Waals surface area contributed by atoms with Crippen molar-refractivity contribution in [2.45, 2.75) is 64.6 Å². The van der Waals surface area contributed by atoms with Crippen molar-refractivity contribution in [2.75, 3.05) is 38.7 Å². The number of nitrogens with one attached hydrogen (secondary N) is 2. The third-order valence-corrected chi connectivity index (χ3v) is 7.18. The van der Waals surface area contributed by atoms with Gasteiger partial charge in [0.2, 0.25) is 12.3 Å². The van der Waals surface area contributed by atoms with Crippen molar-refractivity contribution in [3.63, 3.8) is 0 Å². The van der Waals surface area contributed by atoms with Gasteiger partial charge in [0.25, 0.3) is 0 Å². The molecule has 0 radical (unpaired) electrons. The van der Waals surface area contributed by atoms with E-state index in [4.69, 9.17) is 14.2 Å². The number of aryl methyl sites for hydroxylation is 1. The molecule has 0 aromatic heterocycles. The molecule has 1 heterocycles. The van der Waals surface area contributed by atoms with Gasteiger partial charge in [-0.05, 0) is 63.8 Å². The van der Waals surface area contributed by atoms with Crippen molar-refractivity contribution in [3.8, 4) is 5.75 Å². The van der Waals surface area contributed by atoms with E-state index in [0.717, 1.165) is 24.0 Å². The summed E-state index contributed by atoms with van der Waals surface area (Å²) in [6.45, 7) is 7.82. The van der Waals surface area contributed by atoms with Crippen LogP contribution in [0.1, 0.15) is 51.7 Å². The summed E-state index contributed by atoms with van der Waals surface area (Å²) in [6, 6.07) is 14.9. The molecule has 42 heavy (non-hydrogen) atoms. The second-order valence-corrected chi connectivity index (χ2v) is 11.3. The maximum atomic E-state index is 12.9. The first kappa shape index (κ1) is 32.2. The van der Waals surface area contributed by atoms with Gasteiger partial charge in [0, 0.05) is 30.9 Å². The summed E-state index contributed by atoms with van der Waals surface area (Å²) in [7, 11) is 1.57. The van der Waals surface area contributed by atoms with Crippen molar-refractivity contribution in [1.82, 2.24) is 15.1 Å². The molecule has 0 unspecified atom stereocenters. The zero-order valence-corrected chi connectivity index (χ0v) is 25.1. The predicted molar refractivity (Wildman–Crippen MR) is 158 cm³/mol. The largest absolute Gasteiger partial charge is 0.496 e. The number of piperidine rings is 1. The maximum Gasteiger partial charge on any atom is 0.411 e. The Balaban J connectivity index is 1.71. The Hall–Kier alpha value is -4.28. The number of carbonyl (C=O) groups excluding carboxylic acids is 4. The van der Waals surface area contributed by atoms with E-state index < -0.39 is 23.3 Å². The third-order valence-electron chi connectivity index (χ3n) is 7.18. The number of likely N-dealkylation sites (tertiary alicyclic amines) is 1. The van der Waals surface area contributed by atoms with E-state index in [0.29, 0.717) is 37.4 Å². The monoisotopic (exact) mass is 582 g/mol. The minimum atomic E-state index is -0.874. The number of ether oxygens (including phenoxy) is 3. The van der Waals surface area contributed by atoms with E-state index in [2.05, 4.69) is 17.6 Å². The zero-order valence-electron chi connectivity index (χ0n) is 25.1. The number of hydrogen-bond acceptors (Lipinski definition) is 7. The fourth-order valence-electron chi connectivity index (χ4n) is 4.77. The Kier molecular flexibility index (Phi) is 11.2. The van der Waals surface area contributed by atoms with Gasteiger partial charge in [-0.25, -0.2) is 9.59 Å². The summed E-state index contributed by atoms with van der Waals surface area (Å²) in [5, 5.41) is 5.24. The van der Waals surface area contributed by atoms with Crippen molar-refractivity contribution in [1.29, 1.82) is 0 Å². The smallest absolute Gasteiger partial charge is 0.411 e. The lowest BCUT2D eigenvalue weighted by molar-refractivity contribution is -0.137. The molecule has 1 saturated heterocycles. The van der Waals surface area contributed by atoms with Crippen molar-refractivity contribution in [3.05, 3.63) is 59.7 Å². The normalized spacial score (nSPS) is 14.4. The van der Waals surface area contributed by atoms with Crippen LogP contribution in [0.4, 0.5) is 15.3 Å². The van der Waals surface area contributed by atoms with Crippen LogP contribution in [0.2, 0.25) is 0 Å². The minimum absolute atomic E-state index is 0.0715. The van der Waals surface area contributed by atoms with Gasteiger partial charge in [-0.1, -0.05) is 37.3 Å². The van der Waals surface area contributed by atoms with E-state index in [9.17, 15) is 19.2 Å². The average Bonchev–Trinajstić information content (AvgIpc) is 2.97. The van der Waals surface area contributed by atoms with E-state index in [1.165, 1.54) is 0 Å². The Morgan fingerprint density at radius 3 is 2.29 bits per heavy atom. The molecule has 228 valence electrons. The number of benzene rings is 2. The molecule has 1 aliphatic rings. The lowest BCUT2D eigenvalue weighted by Gasteiger charge is -2.47. The van der Waals surface area contributed by atoms with Gasteiger partial charge in [0.15, 0.2) is 0 Å². The quantitative estimate of drug-likeness (QED) is 0.377. The van der Waals surface area contributed by atoms with Crippen LogP contribution in [0, 0.1) is 0 Å². The fraction of sp³-hybridized carbons (Fsp3) is 0.484. The van der Waals surface area contributed by atoms with Crippen LogP contribution >= 0.6 is 0 Å². The highest BCUT2D eigenvalue weighted by molar-refractivity contribution is 5.84. The molecule has 0 spiro atoms. The average molecular weight is 583 g/mol. The van der Waals surface area contributed by atoms with Crippen LogP contribution in [-0.4, -0.2) is 78.8 Å². The van der Waals surface area contributed by atoms with E-state index >= 15 is 0 Å². The molecule has 0 bridgehead atoms. The Morgan fingerprint density at radius 2 is 1.69 bits per heavy atom. The SMILES string of the molecule is CCc1ccc(NC(=O)OCC2(N(C=O)Cc3ccccc3OC)CCN(C(=O)CNC(=O)OC(C)(C)C)CC2)cc1. The second kappa shape index (κ2) is 14.6. The first-order valence-electron chi connectivity index (χ1n) is 14.1. The molecule has 0 saturated carbocycles. The summed E-state index contributed by atoms with van der Waals surface area (Å²) < 4.78 is 16.4. The van der Waals surface area contributed by atoms with Gasteiger partial charge >= 0.3 is 12.2 Å². The predicted octanol–water partition coefficient (Wildman–Crippen LogP) is 4.35. The molecule has 2 N–H and O–H groups in total. The first-order valence-corrected chi connectivity index (χ1v) is 14.1. The Morgan fingerprint density at radius 1 is 1.02 bits per heavy atom. The molecule has 4 amide bonds. The maximum absolute atomic E-state index is 12.9. The Bertz CT molecular complexity index is 1220. The topological polar surface area (TPSA) is 127 Å². The highest BCUT2D eigenvalue weighted by atomic mass is 16.6. The number of nitrogens with zero attached hydrogens (tertiary/aromatic N) is 2. The van der Waals surface area contributed by atoms with Gasteiger partial charge < -0.3 is 29.3 Å². The van der Waals surface area contributed by atoms with Crippen LogP contribution in [0.5, 0.6) is 5.75 Å². The lowest BCUT2D eigenvalue weighted by atomic mass is 9.86. The lowest BCUT2D eigenvalue weighted by Crippen LogP contribution is -2.59. The molecule has 11 nitrogen and oxygen atoms in total. The van der Waals surface area contributed by atoms with Crippen molar-refractivity contribution in [2.24, 2.45) is 0 Å². The van der Waals surface area contributed by atoms with Crippen LogP contribution in [0.15, 0.2) is 48.5 Å². The van der Waals surface area contributed by atoms with Gasteiger partial charge in [0.1, 0.15) is 24.5 Å².